The molecule has 0 aliphatic rings. The van der Waals surface area contributed by atoms with Crippen LogP contribution in [-0.2, 0) is 9.53 Å². The Morgan fingerprint density at radius 3 is 2.59 bits per heavy atom. The molecule has 142 valence electrons. The molecule has 1 heterocycles. The molecule has 1 aromatic carbocycles. The number of ether oxygens (including phenoxy) is 1. The third kappa shape index (κ3) is 5.85. The highest BCUT2D eigenvalue weighted by Crippen LogP contribution is 2.27. The summed E-state index contributed by atoms with van der Waals surface area (Å²) >= 11 is 0.118. The van der Waals surface area contributed by atoms with Gasteiger partial charge in [0.15, 0.2) is 11.9 Å². The minimum Gasteiger partial charge on any atom is -0.449 e. The Morgan fingerprint density at radius 2 is 1.93 bits per heavy atom. The van der Waals surface area contributed by atoms with Crippen molar-refractivity contribution in [1.29, 1.82) is 0 Å². The molecule has 0 unspecified atom stereocenters. The first-order chi connectivity index (χ1) is 12.8. The molecule has 0 saturated heterocycles. The molecular weight excluding hydrogens is 378 g/mol. The van der Waals surface area contributed by atoms with Crippen molar-refractivity contribution in [1.82, 2.24) is 4.98 Å². The highest BCUT2D eigenvalue weighted by atomic mass is 32.2. The second kappa shape index (κ2) is 9.22. The first-order valence-electron chi connectivity index (χ1n) is 7.80. The predicted octanol–water partition coefficient (Wildman–Crippen LogP) is 3.78. The van der Waals surface area contributed by atoms with Gasteiger partial charge in [0.25, 0.3) is 11.7 Å². The maximum atomic E-state index is 12.6. The minimum atomic E-state index is -2.75. The van der Waals surface area contributed by atoms with Gasteiger partial charge in [-0.15, -0.1) is 0 Å². The van der Waals surface area contributed by atoms with Gasteiger partial charge in [-0.05, 0) is 49.9 Å². The molecule has 0 bridgehead atoms. The molecule has 1 N–H and O–H groups in total. The van der Waals surface area contributed by atoms with E-state index >= 15 is 0 Å². The number of thioether (sulfide) groups is 1. The fourth-order valence-electron chi connectivity index (χ4n) is 2.06. The zero-order chi connectivity index (χ0) is 20.0. The van der Waals surface area contributed by atoms with Crippen LogP contribution in [0, 0.1) is 0 Å². The number of anilines is 1. The summed E-state index contributed by atoms with van der Waals surface area (Å²) in [6.45, 7) is 2.74. The summed E-state index contributed by atoms with van der Waals surface area (Å²) in [5, 5.41) is 2.35. The zero-order valence-electron chi connectivity index (χ0n) is 14.4. The van der Waals surface area contributed by atoms with E-state index in [0.29, 0.717) is 11.3 Å². The van der Waals surface area contributed by atoms with E-state index in [2.05, 4.69) is 10.3 Å². The van der Waals surface area contributed by atoms with E-state index in [1.165, 1.54) is 38.2 Å². The summed E-state index contributed by atoms with van der Waals surface area (Å²) < 4.78 is 30.2. The summed E-state index contributed by atoms with van der Waals surface area (Å²) in [7, 11) is 0. The van der Waals surface area contributed by atoms with Crippen LogP contribution in [0.4, 0.5) is 14.5 Å². The average molecular weight is 394 g/mol. The van der Waals surface area contributed by atoms with Crippen LogP contribution in [0.2, 0.25) is 0 Å². The third-order valence-corrected chi connectivity index (χ3v) is 4.11. The molecule has 1 aromatic heterocycles. The van der Waals surface area contributed by atoms with E-state index in [4.69, 9.17) is 4.74 Å². The number of ketones is 1. The Bertz CT molecular complexity index is 861. The van der Waals surface area contributed by atoms with Crippen molar-refractivity contribution in [2.75, 3.05) is 5.32 Å². The van der Waals surface area contributed by atoms with E-state index in [1.807, 2.05) is 0 Å². The molecule has 2 aromatic rings. The summed E-state index contributed by atoms with van der Waals surface area (Å²) in [5.74, 6) is -4.48. The van der Waals surface area contributed by atoms with Gasteiger partial charge in [0, 0.05) is 17.4 Å². The summed E-state index contributed by atoms with van der Waals surface area (Å²) in [6.07, 6.45) is 0.0858. The fraction of sp³-hybridized carbons (Fsp3) is 0.222. The van der Waals surface area contributed by atoms with Crippen molar-refractivity contribution < 1.29 is 27.9 Å². The second-order valence-electron chi connectivity index (χ2n) is 5.41. The number of nitrogens with zero attached hydrogens (tertiary/aromatic N) is 1. The molecular formula is C18H16F2N2O4S. The van der Waals surface area contributed by atoms with E-state index in [-0.39, 0.29) is 28.1 Å². The highest BCUT2D eigenvalue weighted by molar-refractivity contribution is 7.99. The molecule has 0 spiro atoms. The molecule has 1 amide bonds. The molecule has 2 rings (SSSR count). The minimum absolute atomic E-state index is 0.118. The Balaban J connectivity index is 2.05. The van der Waals surface area contributed by atoms with Crippen molar-refractivity contribution >= 4 is 35.1 Å². The van der Waals surface area contributed by atoms with Gasteiger partial charge < -0.3 is 10.1 Å². The van der Waals surface area contributed by atoms with Gasteiger partial charge in [-0.2, -0.15) is 8.78 Å². The van der Waals surface area contributed by atoms with Crippen LogP contribution in [0.15, 0.2) is 47.6 Å². The lowest BCUT2D eigenvalue weighted by atomic mass is 10.1. The molecule has 9 heteroatoms. The van der Waals surface area contributed by atoms with Gasteiger partial charge in [0.1, 0.15) is 5.03 Å². The van der Waals surface area contributed by atoms with E-state index in [0.717, 1.165) is 0 Å². The van der Waals surface area contributed by atoms with Crippen molar-refractivity contribution in [3.63, 3.8) is 0 Å². The summed E-state index contributed by atoms with van der Waals surface area (Å²) in [6, 6.07) is 8.98. The largest absolute Gasteiger partial charge is 0.449 e. The number of hydrogen-bond donors (Lipinski definition) is 1. The third-order valence-electron chi connectivity index (χ3n) is 3.38. The first kappa shape index (κ1) is 20.5. The number of aromatic nitrogens is 1. The van der Waals surface area contributed by atoms with Crippen molar-refractivity contribution in [2.24, 2.45) is 0 Å². The lowest BCUT2D eigenvalue weighted by molar-refractivity contribution is -0.123. The Kier molecular flexibility index (Phi) is 7.00. The van der Waals surface area contributed by atoms with Crippen molar-refractivity contribution in [3.8, 4) is 0 Å². The monoisotopic (exact) mass is 394 g/mol. The second-order valence-corrected chi connectivity index (χ2v) is 6.39. The predicted molar refractivity (Wildman–Crippen MR) is 96.1 cm³/mol. The number of nitrogens with one attached hydrogen (secondary N) is 1. The van der Waals surface area contributed by atoms with Gasteiger partial charge in [-0.25, -0.2) is 9.78 Å². The maximum Gasteiger partial charge on any atom is 0.341 e. The standard InChI is InChI=1S/C18H16F2N2O4S/c1-10(23)12-5-3-6-13(9-12)22-15(24)11(2)26-17(25)14-7-4-8-21-16(14)27-18(19)20/h3-9,11,18H,1-2H3,(H,22,24)/t11-/m0/s1. The fourth-order valence-corrected chi connectivity index (χ4v) is 2.63. The Hall–Kier alpha value is -2.81. The molecule has 1 atom stereocenters. The highest BCUT2D eigenvalue weighted by Gasteiger charge is 2.23. The van der Waals surface area contributed by atoms with Crippen LogP contribution in [0.1, 0.15) is 34.6 Å². The number of carbonyl (C=O) groups excluding carboxylic acids is 3. The molecule has 0 radical (unpaired) electrons. The van der Waals surface area contributed by atoms with Gasteiger partial charge in [-0.3, -0.25) is 9.59 Å². The van der Waals surface area contributed by atoms with Crippen LogP contribution in [0.25, 0.3) is 0 Å². The topological polar surface area (TPSA) is 85.4 Å². The average Bonchev–Trinajstić information content (AvgIpc) is 2.61. The van der Waals surface area contributed by atoms with Crippen molar-refractivity contribution in [2.45, 2.75) is 30.7 Å². The van der Waals surface area contributed by atoms with Crippen LogP contribution < -0.4 is 5.32 Å². The molecule has 6 nitrogen and oxygen atoms in total. The number of alkyl halides is 2. The number of benzene rings is 1. The molecule has 0 saturated carbocycles. The van der Waals surface area contributed by atoms with E-state index in [1.54, 1.807) is 18.2 Å². The number of rotatable bonds is 7. The quantitative estimate of drug-likeness (QED) is 0.437. The van der Waals surface area contributed by atoms with Crippen LogP contribution in [0.5, 0.6) is 0 Å². The van der Waals surface area contributed by atoms with Gasteiger partial charge >= 0.3 is 5.97 Å². The van der Waals surface area contributed by atoms with Crippen LogP contribution in [-0.4, -0.2) is 34.5 Å². The lowest BCUT2D eigenvalue weighted by Crippen LogP contribution is -2.30. The normalized spacial score (nSPS) is 11.7. The lowest BCUT2D eigenvalue weighted by Gasteiger charge is -2.15. The first-order valence-corrected chi connectivity index (χ1v) is 8.68. The number of esters is 1. The molecule has 0 aliphatic carbocycles. The molecule has 0 aliphatic heterocycles. The number of amides is 1. The number of hydrogen-bond acceptors (Lipinski definition) is 6. The summed E-state index contributed by atoms with van der Waals surface area (Å²) in [5.41, 5.74) is 0.633. The molecule has 0 fully saturated rings. The van der Waals surface area contributed by atoms with Gasteiger partial charge in [0.2, 0.25) is 0 Å². The van der Waals surface area contributed by atoms with Crippen LogP contribution in [0.3, 0.4) is 0 Å². The van der Waals surface area contributed by atoms with Gasteiger partial charge in [-0.1, -0.05) is 12.1 Å². The van der Waals surface area contributed by atoms with E-state index in [9.17, 15) is 23.2 Å². The maximum absolute atomic E-state index is 12.6. The number of Topliss-reactive ketones (excluding diaryl/α,β-unsaturated/α-hetero) is 1. The van der Waals surface area contributed by atoms with Crippen LogP contribution >= 0.6 is 11.8 Å². The Labute approximate surface area is 158 Å². The van der Waals surface area contributed by atoms with Crippen molar-refractivity contribution in [3.05, 3.63) is 53.7 Å². The smallest absolute Gasteiger partial charge is 0.341 e. The number of pyridine rings is 1. The SMILES string of the molecule is CC(=O)c1cccc(NC(=O)[C@H](C)OC(=O)c2cccnc2SC(F)F)c1. The molecule has 27 heavy (non-hydrogen) atoms. The Morgan fingerprint density at radius 1 is 1.19 bits per heavy atom. The zero-order valence-corrected chi connectivity index (χ0v) is 15.3. The van der Waals surface area contributed by atoms with E-state index < -0.39 is 23.7 Å². The summed E-state index contributed by atoms with van der Waals surface area (Å²) in [4.78, 5) is 39.5. The van der Waals surface area contributed by atoms with Gasteiger partial charge in [0.05, 0.1) is 5.56 Å². The number of carbonyl (C=O) groups is 3. The number of halogens is 2.